The van der Waals surface area contributed by atoms with E-state index in [2.05, 4.69) is 10.6 Å². The van der Waals surface area contributed by atoms with Gasteiger partial charge in [0, 0.05) is 32.6 Å². The molecule has 0 unspecified atom stereocenters. The first kappa shape index (κ1) is 24.1. The Morgan fingerprint density at radius 3 is 2.34 bits per heavy atom. The molecule has 35 heavy (non-hydrogen) atoms. The van der Waals surface area contributed by atoms with E-state index in [0.717, 1.165) is 5.56 Å². The van der Waals surface area contributed by atoms with Crippen molar-refractivity contribution in [3.05, 3.63) is 60.2 Å². The molecule has 0 radical (unpaired) electrons. The maximum absolute atomic E-state index is 13.5. The molecule has 2 aliphatic rings. The van der Waals surface area contributed by atoms with Gasteiger partial charge in [-0.1, -0.05) is 42.5 Å². The molecule has 2 aromatic carbocycles. The number of urea groups is 1. The highest BCUT2D eigenvalue weighted by atomic mass is 16.6. The number of hydrogen-bond donors (Lipinski definition) is 2. The Morgan fingerprint density at radius 1 is 0.971 bits per heavy atom. The minimum Gasteiger partial charge on any atom is -0.450 e. The molecule has 2 heterocycles. The second-order valence-electron chi connectivity index (χ2n) is 8.35. The highest BCUT2D eigenvalue weighted by Gasteiger charge is 2.33. The van der Waals surface area contributed by atoms with Crippen LogP contribution in [0.2, 0.25) is 0 Å². The molecular weight excluding hydrogens is 450 g/mol. The summed E-state index contributed by atoms with van der Waals surface area (Å²) in [4.78, 5) is 55.6. The molecule has 1 saturated heterocycles. The van der Waals surface area contributed by atoms with Gasteiger partial charge in [0.2, 0.25) is 11.8 Å². The Labute approximate surface area is 203 Å². The smallest absolute Gasteiger partial charge is 0.409 e. The van der Waals surface area contributed by atoms with Crippen LogP contribution in [0.3, 0.4) is 0 Å². The lowest BCUT2D eigenvalue weighted by Crippen LogP contribution is -2.58. The van der Waals surface area contributed by atoms with Gasteiger partial charge in [-0.2, -0.15) is 0 Å². The molecule has 2 aromatic rings. The van der Waals surface area contributed by atoms with Crippen LogP contribution in [0, 0.1) is 0 Å². The molecule has 10 nitrogen and oxygen atoms in total. The number of para-hydroxylation sites is 2. The van der Waals surface area contributed by atoms with Crippen molar-refractivity contribution in [3.8, 4) is 0 Å². The molecule has 2 aliphatic heterocycles. The summed E-state index contributed by atoms with van der Waals surface area (Å²) in [5.74, 6) is -0.541. The zero-order chi connectivity index (χ0) is 24.8. The van der Waals surface area contributed by atoms with Crippen LogP contribution in [0.1, 0.15) is 12.5 Å². The number of nitrogens with one attached hydrogen (secondary N) is 2. The Balaban J connectivity index is 1.49. The molecule has 0 bridgehead atoms. The van der Waals surface area contributed by atoms with Crippen molar-refractivity contribution >= 4 is 35.3 Å². The third-order valence-corrected chi connectivity index (χ3v) is 6.01. The van der Waals surface area contributed by atoms with Crippen LogP contribution in [-0.2, 0) is 20.7 Å². The first-order valence-electron chi connectivity index (χ1n) is 11.7. The largest absolute Gasteiger partial charge is 0.450 e. The number of rotatable bonds is 5. The van der Waals surface area contributed by atoms with Crippen LogP contribution in [-0.4, -0.2) is 79.1 Å². The first-order chi connectivity index (χ1) is 17.0. The fourth-order valence-corrected chi connectivity index (χ4v) is 4.24. The maximum Gasteiger partial charge on any atom is 0.409 e. The van der Waals surface area contributed by atoms with Gasteiger partial charge in [-0.15, -0.1) is 0 Å². The molecule has 0 saturated carbocycles. The monoisotopic (exact) mass is 479 g/mol. The zero-order valence-corrected chi connectivity index (χ0v) is 19.6. The van der Waals surface area contributed by atoms with E-state index in [1.54, 1.807) is 41.0 Å². The molecule has 10 heteroatoms. The number of nitrogens with zero attached hydrogens (tertiary/aromatic N) is 3. The summed E-state index contributed by atoms with van der Waals surface area (Å²) in [6, 6.07) is 15.1. The third-order valence-electron chi connectivity index (χ3n) is 6.01. The number of carbonyl (C=O) groups excluding carboxylic acids is 4. The number of piperazine rings is 1. The lowest BCUT2D eigenvalue weighted by Gasteiger charge is -2.36. The van der Waals surface area contributed by atoms with Gasteiger partial charge in [-0.25, -0.2) is 9.59 Å². The summed E-state index contributed by atoms with van der Waals surface area (Å²) in [6.07, 6.45) is -0.0960. The second kappa shape index (κ2) is 10.9. The Morgan fingerprint density at radius 2 is 1.63 bits per heavy atom. The van der Waals surface area contributed by atoms with Gasteiger partial charge in [-0.3, -0.25) is 14.5 Å². The van der Waals surface area contributed by atoms with E-state index in [-0.39, 0.29) is 18.4 Å². The Hall–Kier alpha value is -4.08. The Kier molecular flexibility index (Phi) is 7.49. The molecule has 0 aromatic heterocycles. The van der Waals surface area contributed by atoms with Crippen LogP contribution in [0.5, 0.6) is 0 Å². The average Bonchev–Trinajstić information content (AvgIpc) is 2.88. The summed E-state index contributed by atoms with van der Waals surface area (Å²) >= 11 is 0. The van der Waals surface area contributed by atoms with E-state index in [1.807, 2.05) is 30.3 Å². The van der Waals surface area contributed by atoms with Gasteiger partial charge in [0.25, 0.3) is 0 Å². The van der Waals surface area contributed by atoms with Crippen molar-refractivity contribution < 1.29 is 23.9 Å². The van der Waals surface area contributed by atoms with Crippen molar-refractivity contribution in [2.24, 2.45) is 0 Å². The van der Waals surface area contributed by atoms with Crippen LogP contribution in [0.15, 0.2) is 54.6 Å². The van der Waals surface area contributed by atoms with E-state index in [4.69, 9.17) is 4.74 Å². The van der Waals surface area contributed by atoms with E-state index in [1.165, 1.54) is 4.90 Å². The van der Waals surface area contributed by atoms with Crippen LogP contribution < -0.4 is 15.5 Å². The molecule has 1 atom stereocenters. The molecule has 1 fully saturated rings. The van der Waals surface area contributed by atoms with E-state index in [9.17, 15) is 19.2 Å². The topological polar surface area (TPSA) is 111 Å². The van der Waals surface area contributed by atoms with E-state index in [0.29, 0.717) is 50.6 Å². The number of anilines is 2. The lowest BCUT2D eigenvalue weighted by molar-refractivity contribution is -0.134. The third kappa shape index (κ3) is 5.71. The molecular formula is C25H29N5O5. The standard InChI is InChI=1S/C25H29N5O5/c1-2-35-25(34)29-14-12-28(13-15-29)23(32)20(16-18-8-4-3-5-9-18)27-24(33)30-17-22(31)26-19-10-6-7-11-21(19)30/h3-11,20H,2,12-17H2,1H3,(H,26,31)(H,27,33)/t20-/m0/s1. The maximum atomic E-state index is 13.5. The fraction of sp³-hybridized carbons (Fsp3) is 0.360. The molecule has 184 valence electrons. The van der Waals surface area contributed by atoms with Gasteiger partial charge >= 0.3 is 12.1 Å². The van der Waals surface area contributed by atoms with Crippen molar-refractivity contribution in [2.75, 3.05) is 49.5 Å². The molecule has 2 N–H and O–H groups in total. The van der Waals surface area contributed by atoms with Gasteiger partial charge in [0.05, 0.1) is 18.0 Å². The SMILES string of the molecule is CCOC(=O)N1CCN(C(=O)[C@H](Cc2ccccc2)NC(=O)N2CC(=O)Nc3ccccc32)CC1. The minimum absolute atomic E-state index is 0.146. The van der Waals surface area contributed by atoms with Gasteiger partial charge < -0.3 is 25.2 Å². The molecule has 5 amide bonds. The van der Waals surface area contributed by atoms with Crippen LogP contribution >= 0.6 is 0 Å². The first-order valence-corrected chi connectivity index (χ1v) is 11.7. The van der Waals surface area contributed by atoms with Crippen molar-refractivity contribution in [2.45, 2.75) is 19.4 Å². The second-order valence-corrected chi connectivity index (χ2v) is 8.35. The number of fused-ring (bicyclic) bond motifs is 1. The molecule has 0 spiro atoms. The van der Waals surface area contributed by atoms with E-state index >= 15 is 0 Å². The molecule has 4 rings (SSSR count). The summed E-state index contributed by atoms with van der Waals surface area (Å²) < 4.78 is 5.05. The predicted molar refractivity (Wildman–Crippen MR) is 130 cm³/mol. The van der Waals surface area contributed by atoms with Gasteiger partial charge in [0.15, 0.2) is 0 Å². The predicted octanol–water partition coefficient (Wildman–Crippen LogP) is 2.07. The lowest BCUT2D eigenvalue weighted by atomic mass is 10.0. The summed E-state index contributed by atoms with van der Waals surface area (Å²) in [5, 5.41) is 5.61. The molecule has 0 aliphatic carbocycles. The normalized spacial score (nSPS) is 16.1. The van der Waals surface area contributed by atoms with Gasteiger partial charge in [0.1, 0.15) is 12.6 Å². The zero-order valence-electron chi connectivity index (χ0n) is 19.6. The summed E-state index contributed by atoms with van der Waals surface area (Å²) in [5.41, 5.74) is 2.01. The number of ether oxygens (including phenoxy) is 1. The van der Waals surface area contributed by atoms with Crippen molar-refractivity contribution in [3.63, 3.8) is 0 Å². The fourth-order valence-electron chi connectivity index (χ4n) is 4.24. The van der Waals surface area contributed by atoms with Gasteiger partial charge in [-0.05, 0) is 24.6 Å². The minimum atomic E-state index is -0.837. The Bertz CT molecular complexity index is 1080. The number of benzene rings is 2. The quantitative estimate of drug-likeness (QED) is 0.682. The highest BCUT2D eigenvalue weighted by Crippen LogP contribution is 2.29. The summed E-state index contributed by atoms with van der Waals surface area (Å²) in [7, 11) is 0. The van der Waals surface area contributed by atoms with E-state index < -0.39 is 18.2 Å². The van der Waals surface area contributed by atoms with Crippen molar-refractivity contribution in [1.29, 1.82) is 0 Å². The van der Waals surface area contributed by atoms with Crippen LogP contribution in [0.4, 0.5) is 21.0 Å². The number of hydrogen-bond acceptors (Lipinski definition) is 5. The number of amides is 5. The van der Waals surface area contributed by atoms with Crippen molar-refractivity contribution in [1.82, 2.24) is 15.1 Å². The average molecular weight is 480 g/mol. The number of carbonyl (C=O) groups is 4. The summed E-state index contributed by atoms with van der Waals surface area (Å²) in [6.45, 7) is 3.29. The van der Waals surface area contributed by atoms with Crippen LogP contribution in [0.25, 0.3) is 0 Å². The highest BCUT2D eigenvalue weighted by molar-refractivity contribution is 6.10.